The molecule has 15 heavy (non-hydrogen) atoms. The van der Waals surface area contributed by atoms with Crippen molar-refractivity contribution >= 4 is 21.4 Å². The highest BCUT2D eigenvalue weighted by atomic mass is 32.2. The normalized spacial score (nSPS) is 11.3. The van der Waals surface area contributed by atoms with E-state index in [9.17, 15) is 8.42 Å². The lowest BCUT2D eigenvalue weighted by molar-refractivity contribution is 0.596. The van der Waals surface area contributed by atoms with Crippen molar-refractivity contribution in [2.45, 2.75) is 6.42 Å². The van der Waals surface area contributed by atoms with Crippen LogP contribution in [-0.4, -0.2) is 20.7 Å². The van der Waals surface area contributed by atoms with Crippen molar-refractivity contribution in [2.24, 2.45) is 5.14 Å². The van der Waals surface area contributed by atoms with Crippen LogP contribution in [-0.2, 0) is 10.0 Å². The summed E-state index contributed by atoms with van der Waals surface area (Å²) >= 11 is 0. The summed E-state index contributed by atoms with van der Waals surface area (Å²) in [5, 5.41) is 7.91. The first-order valence-corrected chi connectivity index (χ1v) is 6.29. The Kier molecular flexibility index (Phi) is 3.93. The Labute approximate surface area is 89.5 Å². The summed E-state index contributed by atoms with van der Waals surface area (Å²) in [6.07, 6.45) is 0.465. The van der Waals surface area contributed by atoms with Gasteiger partial charge < -0.3 is 11.1 Å². The van der Waals surface area contributed by atoms with E-state index >= 15 is 0 Å². The van der Waals surface area contributed by atoms with Gasteiger partial charge in [0.05, 0.1) is 17.1 Å². The van der Waals surface area contributed by atoms with Crippen LogP contribution in [0.5, 0.6) is 0 Å². The van der Waals surface area contributed by atoms with Crippen LogP contribution in [0.15, 0.2) is 24.3 Å². The first-order chi connectivity index (χ1) is 6.99. The highest BCUT2D eigenvalue weighted by Crippen LogP contribution is 2.16. The molecule has 84 valence electrons. The largest absolute Gasteiger partial charge is 0.397 e. The standard InChI is InChI=1S/C9H15N3O2S/c10-8-4-1-2-5-9(8)12-6-3-7-15(11,13)14/h1-2,4-5,12H,3,6-7,10H2,(H2,11,13,14). The second kappa shape index (κ2) is 4.99. The number of nitrogen functional groups attached to an aromatic ring is 1. The molecule has 5 N–H and O–H groups in total. The van der Waals surface area contributed by atoms with Gasteiger partial charge in [-0.2, -0.15) is 0 Å². The lowest BCUT2D eigenvalue weighted by Crippen LogP contribution is -2.18. The molecular weight excluding hydrogens is 214 g/mol. The lowest BCUT2D eigenvalue weighted by atomic mass is 10.2. The number of hydrogen-bond acceptors (Lipinski definition) is 4. The van der Waals surface area contributed by atoms with Crippen LogP contribution in [0, 0.1) is 0 Å². The fourth-order valence-corrected chi connectivity index (χ4v) is 1.70. The average molecular weight is 229 g/mol. The molecule has 0 unspecified atom stereocenters. The second-order valence-electron chi connectivity index (χ2n) is 3.23. The van der Waals surface area contributed by atoms with Gasteiger partial charge >= 0.3 is 0 Å². The van der Waals surface area contributed by atoms with Crippen LogP contribution in [0.2, 0.25) is 0 Å². The fourth-order valence-electron chi connectivity index (χ4n) is 1.15. The summed E-state index contributed by atoms with van der Waals surface area (Å²) < 4.78 is 21.3. The van der Waals surface area contributed by atoms with Gasteiger partial charge in [0.15, 0.2) is 0 Å². The van der Waals surface area contributed by atoms with Crippen molar-refractivity contribution in [1.82, 2.24) is 0 Å². The van der Waals surface area contributed by atoms with Crippen molar-refractivity contribution < 1.29 is 8.42 Å². The van der Waals surface area contributed by atoms with Crippen LogP contribution < -0.4 is 16.2 Å². The van der Waals surface area contributed by atoms with Crippen LogP contribution in [0.1, 0.15) is 6.42 Å². The Morgan fingerprint density at radius 2 is 1.93 bits per heavy atom. The number of sulfonamides is 1. The molecule has 0 saturated carbocycles. The maximum Gasteiger partial charge on any atom is 0.209 e. The summed E-state index contributed by atoms with van der Waals surface area (Å²) in [4.78, 5) is 0. The van der Waals surface area contributed by atoms with Crippen molar-refractivity contribution in [3.05, 3.63) is 24.3 Å². The van der Waals surface area contributed by atoms with Crippen LogP contribution in [0.4, 0.5) is 11.4 Å². The van der Waals surface area contributed by atoms with Gasteiger partial charge in [-0.25, -0.2) is 13.6 Å². The van der Waals surface area contributed by atoms with E-state index in [0.717, 1.165) is 5.69 Å². The molecule has 0 aliphatic carbocycles. The number of hydrogen-bond donors (Lipinski definition) is 3. The van der Waals surface area contributed by atoms with Gasteiger partial charge in [0.1, 0.15) is 0 Å². The molecule has 1 aromatic carbocycles. The van der Waals surface area contributed by atoms with Crippen LogP contribution in [0.25, 0.3) is 0 Å². The first-order valence-electron chi connectivity index (χ1n) is 4.58. The zero-order chi connectivity index (χ0) is 11.3. The molecule has 0 aliphatic rings. The van der Waals surface area contributed by atoms with Crippen molar-refractivity contribution in [2.75, 3.05) is 23.3 Å². The molecule has 0 saturated heterocycles. The Hall–Kier alpha value is -1.27. The van der Waals surface area contributed by atoms with Crippen molar-refractivity contribution in [1.29, 1.82) is 0 Å². The number of benzene rings is 1. The summed E-state index contributed by atoms with van der Waals surface area (Å²) in [6, 6.07) is 7.32. The average Bonchev–Trinajstić information content (AvgIpc) is 2.13. The van der Waals surface area contributed by atoms with Crippen molar-refractivity contribution in [3.63, 3.8) is 0 Å². The minimum absolute atomic E-state index is 0.0211. The Morgan fingerprint density at radius 3 is 2.53 bits per heavy atom. The molecule has 0 heterocycles. The predicted molar refractivity (Wildman–Crippen MR) is 61.9 cm³/mol. The molecule has 0 amide bonds. The summed E-state index contributed by atoms with van der Waals surface area (Å²) in [7, 11) is -3.36. The Balaban J connectivity index is 2.36. The topological polar surface area (TPSA) is 98.2 Å². The molecule has 0 fully saturated rings. The zero-order valence-electron chi connectivity index (χ0n) is 8.31. The molecule has 0 aliphatic heterocycles. The van der Waals surface area contributed by atoms with E-state index in [1.807, 2.05) is 18.2 Å². The first kappa shape index (κ1) is 11.8. The van der Waals surface area contributed by atoms with Gasteiger partial charge in [-0.05, 0) is 18.6 Å². The second-order valence-corrected chi connectivity index (χ2v) is 4.97. The summed E-state index contributed by atoms with van der Waals surface area (Å²) in [5.74, 6) is -0.0211. The fraction of sp³-hybridized carbons (Fsp3) is 0.333. The maximum atomic E-state index is 10.6. The molecule has 0 atom stereocenters. The number of primary sulfonamides is 1. The molecular formula is C9H15N3O2S. The van der Waals surface area contributed by atoms with Crippen molar-refractivity contribution in [3.8, 4) is 0 Å². The highest BCUT2D eigenvalue weighted by molar-refractivity contribution is 7.89. The third kappa shape index (κ3) is 4.66. The van der Waals surface area contributed by atoms with E-state index in [-0.39, 0.29) is 5.75 Å². The van der Waals surface area contributed by atoms with Gasteiger partial charge in [0, 0.05) is 6.54 Å². The molecule has 6 heteroatoms. The number of nitrogens with two attached hydrogens (primary N) is 2. The van der Waals surface area contributed by atoms with Crippen LogP contribution >= 0.6 is 0 Å². The third-order valence-corrected chi connectivity index (χ3v) is 2.74. The highest BCUT2D eigenvalue weighted by Gasteiger charge is 2.02. The Morgan fingerprint density at radius 1 is 1.27 bits per heavy atom. The smallest absolute Gasteiger partial charge is 0.209 e. The van der Waals surface area contributed by atoms with Gasteiger partial charge in [-0.1, -0.05) is 12.1 Å². The predicted octanol–water partition coefficient (Wildman–Crippen LogP) is 0.359. The van der Waals surface area contributed by atoms with E-state index in [4.69, 9.17) is 10.9 Å². The lowest BCUT2D eigenvalue weighted by Gasteiger charge is -2.07. The monoisotopic (exact) mass is 229 g/mol. The molecule has 0 radical (unpaired) electrons. The quantitative estimate of drug-likeness (QED) is 0.501. The van der Waals surface area contributed by atoms with E-state index < -0.39 is 10.0 Å². The van der Waals surface area contributed by atoms with E-state index in [1.54, 1.807) is 6.07 Å². The minimum Gasteiger partial charge on any atom is -0.397 e. The molecule has 1 rings (SSSR count). The van der Waals surface area contributed by atoms with E-state index in [0.29, 0.717) is 18.7 Å². The van der Waals surface area contributed by atoms with Gasteiger partial charge in [-0.3, -0.25) is 0 Å². The third-order valence-electron chi connectivity index (χ3n) is 1.88. The zero-order valence-corrected chi connectivity index (χ0v) is 9.13. The van der Waals surface area contributed by atoms with Crippen LogP contribution in [0.3, 0.4) is 0 Å². The number of para-hydroxylation sites is 2. The summed E-state index contributed by atoms with van der Waals surface area (Å²) in [5.41, 5.74) is 7.14. The SMILES string of the molecule is Nc1ccccc1NCCCS(N)(=O)=O. The molecule has 0 bridgehead atoms. The Bertz CT molecular complexity index is 417. The minimum atomic E-state index is -3.36. The van der Waals surface area contributed by atoms with E-state index in [2.05, 4.69) is 5.32 Å². The maximum absolute atomic E-state index is 10.6. The number of anilines is 2. The number of nitrogens with one attached hydrogen (secondary N) is 1. The molecule has 0 aromatic heterocycles. The number of rotatable bonds is 5. The van der Waals surface area contributed by atoms with Gasteiger partial charge in [0.25, 0.3) is 0 Å². The van der Waals surface area contributed by atoms with Gasteiger partial charge in [-0.15, -0.1) is 0 Å². The van der Waals surface area contributed by atoms with E-state index in [1.165, 1.54) is 0 Å². The van der Waals surface area contributed by atoms with Gasteiger partial charge in [0.2, 0.25) is 10.0 Å². The molecule has 1 aromatic rings. The molecule has 5 nitrogen and oxygen atoms in total. The molecule has 0 spiro atoms. The summed E-state index contributed by atoms with van der Waals surface area (Å²) in [6.45, 7) is 0.532.